The molecule has 2 heteroatoms. The first-order chi connectivity index (χ1) is 3.93. The standard InChI is InChI=1S/C6H6NO/c8-5-6-1-3-7-4-2-6/h1,3,5,8H,2H2. The molecule has 0 spiro atoms. The van der Waals surface area contributed by atoms with Gasteiger partial charge in [0.05, 0.1) is 12.5 Å². The molecule has 1 heterocycles. The van der Waals surface area contributed by atoms with Gasteiger partial charge in [-0.25, -0.2) is 0 Å². The lowest BCUT2D eigenvalue weighted by molar-refractivity contribution is 0.468. The molecule has 0 bridgehead atoms. The van der Waals surface area contributed by atoms with Crippen molar-refractivity contribution in [1.29, 1.82) is 0 Å². The average molecular weight is 108 g/mol. The summed E-state index contributed by atoms with van der Waals surface area (Å²) >= 11 is 0. The average Bonchev–Trinajstić information content (AvgIpc) is 1.90. The lowest BCUT2D eigenvalue weighted by Crippen LogP contribution is -1.84. The fourth-order valence-corrected chi connectivity index (χ4v) is 0.470. The minimum absolute atomic E-state index is 0.618. The summed E-state index contributed by atoms with van der Waals surface area (Å²) < 4.78 is 0. The SMILES string of the molecule is OC=C1C=CN=[C]C1. The molecule has 0 amide bonds. The molecule has 1 aliphatic heterocycles. The molecule has 0 atom stereocenters. The third-order valence-corrected chi connectivity index (χ3v) is 0.903. The summed E-state index contributed by atoms with van der Waals surface area (Å²) in [5, 5.41) is 8.40. The lowest BCUT2D eigenvalue weighted by atomic mass is 10.2. The Hall–Kier alpha value is -1.05. The van der Waals surface area contributed by atoms with Crippen LogP contribution in [-0.2, 0) is 0 Å². The molecule has 1 radical (unpaired) electrons. The van der Waals surface area contributed by atoms with Gasteiger partial charge in [-0.3, -0.25) is 4.99 Å². The van der Waals surface area contributed by atoms with Gasteiger partial charge in [-0.15, -0.1) is 0 Å². The Bertz CT molecular complexity index is 156. The second kappa shape index (κ2) is 2.31. The smallest absolute Gasteiger partial charge is 0.0828 e. The van der Waals surface area contributed by atoms with Crippen molar-refractivity contribution in [2.45, 2.75) is 6.42 Å². The summed E-state index contributed by atoms with van der Waals surface area (Å²) in [6, 6.07) is 0. The highest BCUT2D eigenvalue weighted by atomic mass is 16.2. The lowest BCUT2D eigenvalue weighted by Gasteiger charge is -1.94. The first kappa shape index (κ1) is 5.09. The number of aliphatic hydroxyl groups is 1. The Morgan fingerprint density at radius 3 is 3.12 bits per heavy atom. The molecule has 0 aliphatic carbocycles. The van der Waals surface area contributed by atoms with E-state index >= 15 is 0 Å². The Balaban J connectivity index is 2.66. The highest BCUT2D eigenvalue weighted by Crippen LogP contribution is 2.03. The molecule has 0 saturated heterocycles. The van der Waals surface area contributed by atoms with Crippen LogP contribution in [-0.4, -0.2) is 11.3 Å². The number of aliphatic imine (C=N–C) groups is 1. The van der Waals surface area contributed by atoms with Gasteiger partial charge in [-0.1, -0.05) is 0 Å². The van der Waals surface area contributed by atoms with Gasteiger partial charge in [-0.2, -0.15) is 0 Å². The molecule has 1 N–H and O–H groups in total. The van der Waals surface area contributed by atoms with Crippen LogP contribution in [0.3, 0.4) is 0 Å². The number of nitrogens with zero attached hydrogens (tertiary/aromatic N) is 1. The van der Waals surface area contributed by atoms with Crippen LogP contribution in [0.4, 0.5) is 0 Å². The van der Waals surface area contributed by atoms with E-state index in [1.54, 1.807) is 12.3 Å². The zero-order chi connectivity index (χ0) is 5.82. The summed E-state index contributed by atoms with van der Waals surface area (Å²) in [5.74, 6) is 0. The first-order valence-corrected chi connectivity index (χ1v) is 2.36. The summed E-state index contributed by atoms with van der Waals surface area (Å²) in [7, 11) is 0. The van der Waals surface area contributed by atoms with Gasteiger partial charge < -0.3 is 5.11 Å². The number of hydrogen-bond acceptors (Lipinski definition) is 2. The third kappa shape index (κ3) is 0.964. The highest BCUT2D eigenvalue weighted by molar-refractivity contribution is 5.65. The summed E-state index contributed by atoms with van der Waals surface area (Å²) in [5.41, 5.74) is 0.847. The van der Waals surface area contributed by atoms with E-state index < -0.39 is 0 Å². The second-order valence-corrected chi connectivity index (χ2v) is 1.48. The summed E-state index contributed by atoms with van der Waals surface area (Å²) in [6.07, 6.45) is 7.73. The molecular weight excluding hydrogens is 102 g/mol. The maximum Gasteiger partial charge on any atom is 0.0828 e. The Labute approximate surface area is 47.9 Å². The van der Waals surface area contributed by atoms with Crippen LogP contribution in [0.25, 0.3) is 0 Å². The van der Waals surface area contributed by atoms with Gasteiger partial charge in [0, 0.05) is 12.6 Å². The van der Waals surface area contributed by atoms with Crippen molar-refractivity contribution >= 4 is 6.21 Å². The summed E-state index contributed by atoms with van der Waals surface area (Å²) in [6.45, 7) is 0. The Kier molecular flexibility index (Phi) is 1.47. The molecular formula is C6H6NO. The van der Waals surface area contributed by atoms with Gasteiger partial charge in [0.15, 0.2) is 0 Å². The van der Waals surface area contributed by atoms with E-state index in [-0.39, 0.29) is 0 Å². The second-order valence-electron chi connectivity index (χ2n) is 1.48. The zero-order valence-corrected chi connectivity index (χ0v) is 4.33. The molecule has 0 fully saturated rings. The normalized spacial score (nSPS) is 22.2. The maximum atomic E-state index is 8.40. The zero-order valence-electron chi connectivity index (χ0n) is 4.33. The molecule has 8 heavy (non-hydrogen) atoms. The van der Waals surface area contributed by atoms with Crippen molar-refractivity contribution in [2.75, 3.05) is 0 Å². The highest BCUT2D eigenvalue weighted by Gasteiger charge is 1.91. The number of hydrogen-bond donors (Lipinski definition) is 1. The van der Waals surface area contributed by atoms with E-state index in [2.05, 4.69) is 11.2 Å². The summed E-state index contributed by atoms with van der Waals surface area (Å²) in [4.78, 5) is 3.69. The van der Waals surface area contributed by atoms with Crippen LogP contribution >= 0.6 is 0 Å². The van der Waals surface area contributed by atoms with Crippen molar-refractivity contribution in [3.05, 3.63) is 24.1 Å². The van der Waals surface area contributed by atoms with E-state index in [0.717, 1.165) is 11.8 Å². The third-order valence-electron chi connectivity index (χ3n) is 0.903. The van der Waals surface area contributed by atoms with Crippen LogP contribution < -0.4 is 0 Å². The molecule has 0 aromatic carbocycles. The van der Waals surface area contributed by atoms with E-state index in [4.69, 9.17) is 5.11 Å². The molecule has 0 unspecified atom stereocenters. The number of allylic oxidation sites excluding steroid dienone is 2. The van der Waals surface area contributed by atoms with E-state index in [1.165, 1.54) is 0 Å². The maximum absolute atomic E-state index is 8.40. The van der Waals surface area contributed by atoms with Gasteiger partial charge in [0.1, 0.15) is 0 Å². The molecule has 0 saturated carbocycles. The van der Waals surface area contributed by atoms with Crippen LogP contribution in [0, 0.1) is 0 Å². The van der Waals surface area contributed by atoms with Crippen LogP contribution in [0.5, 0.6) is 0 Å². The van der Waals surface area contributed by atoms with Gasteiger partial charge >= 0.3 is 0 Å². The fraction of sp³-hybridized carbons (Fsp3) is 0.167. The van der Waals surface area contributed by atoms with Crippen molar-refractivity contribution < 1.29 is 5.11 Å². The molecule has 1 aliphatic rings. The van der Waals surface area contributed by atoms with Gasteiger partial charge in [-0.05, 0) is 11.6 Å². The number of aliphatic hydroxyl groups excluding tert-OH is 1. The molecule has 0 aromatic heterocycles. The fourth-order valence-electron chi connectivity index (χ4n) is 0.470. The predicted molar refractivity (Wildman–Crippen MR) is 31.9 cm³/mol. The minimum atomic E-state index is 0.618. The first-order valence-electron chi connectivity index (χ1n) is 2.36. The minimum Gasteiger partial charge on any atom is -0.515 e. The Morgan fingerprint density at radius 1 is 1.88 bits per heavy atom. The van der Waals surface area contributed by atoms with Crippen molar-refractivity contribution in [1.82, 2.24) is 0 Å². The molecule has 41 valence electrons. The molecule has 2 nitrogen and oxygen atoms in total. The predicted octanol–water partition coefficient (Wildman–Crippen LogP) is 1.29. The van der Waals surface area contributed by atoms with Crippen LogP contribution in [0.15, 0.2) is 29.1 Å². The Morgan fingerprint density at radius 2 is 2.75 bits per heavy atom. The van der Waals surface area contributed by atoms with Gasteiger partial charge in [0.2, 0.25) is 0 Å². The topological polar surface area (TPSA) is 32.6 Å². The van der Waals surface area contributed by atoms with Crippen LogP contribution in [0.2, 0.25) is 0 Å². The molecule has 1 rings (SSSR count). The molecule has 0 aromatic rings. The van der Waals surface area contributed by atoms with Crippen molar-refractivity contribution in [2.24, 2.45) is 4.99 Å². The van der Waals surface area contributed by atoms with Crippen LogP contribution in [0.1, 0.15) is 6.42 Å². The monoisotopic (exact) mass is 108 g/mol. The van der Waals surface area contributed by atoms with Crippen molar-refractivity contribution in [3.63, 3.8) is 0 Å². The quantitative estimate of drug-likeness (QED) is 0.466. The van der Waals surface area contributed by atoms with Gasteiger partial charge in [0.25, 0.3) is 0 Å². The van der Waals surface area contributed by atoms with Crippen molar-refractivity contribution in [3.8, 4) is 0 Å². The number of rotatable bonds is 0. The van der Waals surface area contributed by atoms with E-state index in [0.29, 0.717) is 6.42 Å². The van der Waals surface area contributed by atoms with E-state index in [1.807, 2.05) is 0 Å². The van der Waals surface area contributed by atoms with E-state index in [9.17, 15) is 0 Å². The largest absolute Gasteiger partial charge is 0.515 e.